The van der Waals surface area contributed by atoms with Crippen LogP contribution in [0.3, 0.4) is 0 Å². The van der Waals surface area contributed by atoms with Crippen LogP contribution >= 0.6 is 0 Å². The molecule has 0 aromatic heterocycles. The first kappa shape index (κ1) is 18.0. The van der Waals surface area contributed by atoms with Gasteiger partial charge < -0.3 is 14.9 Å². The lowest BCUT2D eigenvalue weighted by atomic mass is 9.90. The number of hydrogen-bond donors (Lipinski definition) is 1. The van der Waals surface area contributed by atoms with Gasteiger partial charge in [-0.25, -0.2) is 0 Å². The van der Waals surface area contributed by atoms with E-state index in [2.05, 4.69) is 0 Å². The van der Waals surface area contributed by atoms with E-state index in [1.54, 1.807) is 0 Å². The molecule has 2 amide bonds. The number of amides is 2. The molecule has 2 saturated heterocycles. The Morgan fingerprint density at radius 2 is 1.85 bits per heavy atom. The number of carbonyl (C=O) groups excluding carboxylic acids is 2. The molecule has 1 N–H and O–H groups in total. The molecule has 1 spiro atoms. The van der Waals surface area contributed by atoms with Crippen LogP contribution in [0.15, 0.2) is 30.3 Å². The maximum Gasteiger partial charge on any atom is 0.307 e. The van der Waals surface area contributed by atoms with Gasteiger partial charge in [-0.2, -0.15) is 0 Å². The van der Waals surface area contributed by atoms with E-state index in [0.29, 0.717) is 19.6 Å². The van der Waals surface area contributed by atoms with Crippen molar-refractivity contribution in [2.45, 2.75) is 38.6 Å². The fourth-order valence-corrected chi connectivity index (χ4v) is 4.86. The number of benzene rings is 1. The van der Waals surface area contributed by atoms with Gasteiger partial charge in [-0.1, -0.05) is 30.3 Å². The molecule has 1 aromatic carbocycles. The number of carboxylic acid groups (broad SMARTS) is 1. The van der Waals surface area contributed by atoms with Gasteiger partial charge in [0, 0.05) is 26.1 Å². The molecule has 1 aromatic rings. The molecule has 6 nitrogen and oxygen atoms in total. The highest BCUT2D eigenvalue weighted by molar-refractivity contribution is 5.89. The Balaban J connectivity index is 1.35. The second-order valence-corrected chi connectivity index (χ2v) is 8.32. The Hall–Kier alpha value is -2.37. The summed E-state index contributed by atoms with van der Waals surface area (Å²) in [5, 5.41) is 9.20. The minimum atomic E-state index is -0.707. The molecule has 2 aliphatic heterocycles. The van der Waals surface area contributed by atoms with Crippen molar-refractivity contribution in [3.05, 3.63) is 35.9 Å². The third kappa shape index (κ3) is 3.22. The van der Waals surface area contributed by atoms with Crippen molar-refractivity contribution in [3.63, 3.8) is 0 Å². The number of likely N-dealkylation sites (tertiary alicyclic amines) is 2. The lowest BCUT2D eigenvalue weighted by Crippen LogP contribution is -2.43. The van der Waals surface area contributed by atoms with Crippen molar-refractivity contribution in [2.75, 3.05) is 19.6 Å². The first-order valence-corrected chi connectivity index (χ1v) is 9.77. The molecule has 0 bridgehead atoms. The summed E-state index contributed by atoms with van der Waals surface area (Å²) < 4.78 is 0. The highest BCUT2D eigenvalue weighted by Crippen LogP contribution is 2.59. The molecule has 1 saturated carbocycles. The standard InChI is InChI=1S/C21H26N2O4/c1-14(15-5-3-2-4-6-15)23-13-16(11-18(23)24)19(25)22-9-7-21(8-10-22)12-17(21)20(26)27/h2-6,14,16-17H,7-13H2,1H3,(H,26,27). The fraction of sp³-hybridized carbons (Fsp3) is 0.571. The number of hydrogen-bond acceptors (Lipinski definition) is 3. The lowest BCUT2D eigenvalue weighted by molar-refractivity contribution is -0.140. The van der Waals surface area contributed by atoms with E-state index in [1.165, 1.54) is 0 Å². The monoisotopic (exact) mass is 370 g/mol. The second-order valence-electron chi connectivity index (χ2n) is 8.32. The molecule has 2 heterocycles. The van der Waals surface area contributed by atoms with Gasteiger partial charge in [0.1, 0.15) is 0 Å². The summed E-state index contributed by atoms with van der Waals surface area (Å²) in [6.07, 6.45) is 2.55. The van der Waals surface area contributed by atoms with Gasteiger partial charge in [0.25, 0.3) is 0 Å². The highest BCUT2D eigenvalue weighted by Gasteiger charge is 2.59. The molecule has 3 atom stereocenters. The van der Waals surface area contributed by atoms with Gasteiger partial charge in [-0.3, -0.25) is 14.4 Å². The van der Waals surface area contributed by atoms with E-state index in [1.807, 2.05) is 47.1 Å². The first-order valence-electron chi connectivity index (χ1n) is 9.77. The summed E-state index contributed by atoms with van der Waals surface area (Å²) in [6.45, 7) is 3.69. The molecular weight excluding hydrogens is 344 g/mol. The number of rotatable bonds is 4. The third-order valence-corrected chi connectivity index (χ3v) is 6.82. The average Bonchev–Trinajstić information content (AvgIpc) is 3.24. The zero-order valence-corrected chi connectivity index (χ0v) is 15.6. The predicted octanol–water partition coefficient (Wildman–Crippen LogP) is 2.31. The zero-order valence-electron chi connectivity index (χ0n) is 15.6. The second kappa shape index (κ2) is 6.66. The Bertz CT molecular complexity index is 755. The molecule has 0 radical (unpaired) electrons. The quantitative estimate of drug-likeness (QED) is 0.882. The normalized spacial score (nSPS) is 27.7. The summed E-state index contributed by atoms with van der Waals surface area (Å²) in [5.41, 5.74) is 0.995. The van der Waals surface area contributed by atoms with E-state index in [0.717, 1.165) is 24.8 Å². The Morgan fingerprint density at radius 3 is 2.44 bits per heavy atom. The smallest absolute Gasteiger partial charge is 0.307 e. The van der Waals surface area contributed by atoms with Gasteiger partial charge in [0.05, 0.1) is 17.9 Å². The van der Waals surface area contributed by atoms with Gasteiger partial charge in [-0.15, -0.1) is 0 Å². The number of aliphatic carboxylic acids is 1. The average molecular weight is 370 g/mol. The van der Waals surface area contributed by atoms with E-state index in [-0.39, 0.29) is 41.5 Å². The van der Waals surface area contributed by atoms with Crippen molar-refractivity contribution in [1.82, 2.24) is 9.80 Å². The van der Waals surface area contributed by atoms with Crippen LogP contribution in [0.5, 0.6) is 0 Å². The summed E-state index contributed by atoms with van der Waals surface area (Å²) in [4.78, 5) is 40.3. The minimum Gasteiger partial charge on any atom is -0.481 e. The van der Waals surface area contributed by atoms with Crippen LogP contribution in [0.25, 0.3) is 0 Å². The Kier molecular flexibility index (Phi) is 4.44. The van der Waals surface area contributed by atoms with Crippen LogP contribution in [-0.4, -0.2) is 52.3 Å². The topological polar surface area (TPSA) is 77.9 Å². The van der Waals surface area contributed by atoms with Crippen LogP contribution in [0.4, 0.5) is 0 Å². The van der Waals surface area contributed by atoms with Crippen molar-refractivity contribution < 1.29 is 19.5 Å². The number of piperidine rings is 1. The van der Waals surface area contributed by atoms with Crippen molar-refractivity contribution in [3.8, 4) is 0 Å². The summed E-state index contributed by atoms with van der Waals surface area (Å²) in [7, 11) is 0. The van der Waals surface area contributed by atoms with Gasteiger partial charge in [-0.05, 0) is 37.2 Å². The number of carbonyl (C=O) groups is 3. The van der Waals surface area contributed by atoms with Gasteiger partial charge >= 0.3 is 5.97 Å². The highest BCUT2D eigenvalue weighted by atomic mass is 16.4. The van der Waals surface area contributed by atoms with E-state index in [9.17, 15) is 19.5 Å². The van der Waals surface area contributed by atoms with Crippen molar-refractivity contribution >= 4 is 17.8 Å². The summed E-state index contributed by atoms with van der Waals surface area (Å²) in [5.74, 6) is -1.14. The fourth-order valence-electron chi connectivity index (χ4n) is 4.86. The molecule has 27 heavy (non-hydrogen) atoms. The van der Waals surface area contributed by atoms with Crippen LogP contribution < -0.4 is 0 Å². The predicted molar refractivity (Wildman–Crippen MR) is 98.7 cm³/mol. The number of nitrogens with zero attached hydrogens (tertiary/aromatic N) is 2. The minimum absolute atomic E-state index is 0.0336. The van der Waals surface area contributed by atoms with E-state index in [4.69, 9.17) is 0 Å². The van der Waals surface area contributed by atoms with Crippen molar-refractivity contribution in [1.29, 1.82) is 0 Å². The van der Waals surface area contributed by atoms with Gasteiger partial charge in [0.15, 0.2) is 0 Å². The van der Waals surface area contributed by atoms with Crippen molar-refractivity contribution in [2.24, 2.45) is 17.3 Å². The Labute approximate surface area is 159 Å². The Morgan fingerprint density at radius 1 is 1.19 bits per heavy atom. The maximum atomic E-state index is 12.9. The molecule has 1 aliphatic carbocycles. The third-order valence-electron chi connectivity index (χ3n) is 6.82. The zero-order chi connectivity index (χ0) is 19.2. The van der Waals surface area contributed by atoms with E-state index >= 15 is 0 Å². The van der Waals surface area contributed by atoms with Crippen LogP contribution in [0, 0.1) is 17.3 Å². The van der Waals surface area contributed by atoms with Crippen LogP contribution in [0.1, 0.15) is 44.2 Å². The summed E-state index contributed by atoms with van der Waals surface area (Å²) >= 11 is 0. The molecule has 3 unspecified atom stereocenters. The maximum absolute atomic E-state index is 12.9. The summed E-state index contributed by atoms with van der Waals surface area (Å²) in [6, 6.07) is 9.84. The van der Waals surface area contributed by atoms with Crippen LogP contribution in [-0.2, 0) is 14.4 Å². The first-order chi connectivity index (χ1) is 12.9. The van der Waals surface area contributed by atoms with Crippen LogP contribution in [0.2, 0.25) is 0 Å². The number of carboxylic acids is 1. The van der Waals surface area contributed by atoms with E-state index < -0.39 is 5.97 Å². The van der Waals surface area contributed by atoms with Gasteiger partial charge in [0.2, 0.25) is 11.8 Å². The molecule has 3 aliphatic rings. The largest absolute Gasteiger partial charge is 0.481 e. The molecule has 144 valence electrons. The molecule has 6 heteroatoms. The molecule has 4 rings (SSSR count). The lowest BCUT2D eigenvalue weighted by Gasteiger charge is -2.34. The molecular formula is C21H26N2O4. The molecule has 3 fully saturated rings. The SMILES string of the molecule is CC(c1ccccc1)N1CC(C(=O)N2CCC3(CC2)CC3C(=O)O)CC1=O.